The number of carboxylic acids is 1. The third-order valence-corrected chi connectivity index (χ3v) is 4.82. The fourth-order valence-electron chi connectivity index (χ4n) is 1.61. The summed E-state index contributed by atoms with van der Waals surface area (Å²) < 4.78 is 37.1. The maximum atomic E-state index is 12.4. The van der Waals surface area contributed by atoms with Gasteiger partial charge in [0.15, 0.2) is 0 Å². The molecule has 1 rings (SSSR count). The Labute approximate surface area is 123 Å². The van der Waals surface area contributed by atoms with Gasteiger partial charge < -0.3 is 14.6 Å². The summed E-state index contributed by atoms with van der Waals surface area (Å²) in [6.07, 6.45) is 0.0911. The second kappa shape index (κ2) is 6.31. The molecular weight excluding hydrogens is 298 g/mol. The maximum Gasteiger partial charge on any atom is 0.324 e. The number of benzene rings is 1. The zero-order chi connectivity index (χ0) is 16.3. The van der Waals surface area contributed by atoms with Crippen LogP contribution in [-0.2, 0) is 14.8 Å². The van der Waals surface area contributed by atoms with Gasteiger partial charge in [0.25, 0.3) is 0 Å². The van der Waals surface area contributed by atoms with E-state index in [0.29, 0.717) is 5.75 Å². The molecule has 2 N–H and O–H groups in total. The smallest absolute Gasteiger partial charge is 0.324 e. The normalized spacial score (nSPS) is 14.3. The molecule has 0 aliphatic heterocycles. The lowest BCUT2D eigenvalue weighted by Gasteiger charge is -2.24. The zero-order valence-electron chi connectivity index (χ0n) is 12.3. The van der Waals surface area contributed by atoms with Gasteiger partial charge in [-0.2, -0.15) is 4.72 Å². The predicted octanol–water partition coefficient (Wildman–Crippen LogP) is 1.24. The molecule has 8 heteroatoms. The van der Waals surface area contributed by atoms with Crippen LogP contribution in [-0.4, -0.2) is 39.3 Å². The zero-order valence-corrected chi connectivity index (χ0v) is 13.2. The molecule has 7 nitrogen and oxygen atoms in total. The van der Waals surface area contributed by atoms with E-state index in [0.717, 1.165) is 0 Å². The van der Waals surface area contributed by atoms with Gasteiger partial charge in [-0.25, -0.2) is 8.42 Å². The Kier molecular flexibility index (Phi) is 5.19. The quantitative estimate of drug-likeness (QED) is 0.784. The van der Waals surface area contributed by atoms with Gasteiger partial charge in [0.1, 0.15) is 21.9 Å². The van der Waals surface area contributed by atoms with Crippen LogP contribution >= 0.6 is 0 Å². The largest absolute Gasteiger partial charge is 0.497 e. The van der Waals surface area contributed by atoms with E-state index in [4.69, 9.17) is 9.47 Å². The van der Waals surface area contributed by atoms with Crippen LogP contribution in [0.1, 0.15) is 20.3 Å². The lowest BCUT2D eigenvalue weighted by atomic mass is 10.0. The molecule has 21 heavy (non-hydrogen) atoms. The Bertz CT molecular complexity index is 628. The van der Waals surface area contributed by atoms with Crippen LogP contribution in [0, 0.1) is 0 Å². The van der Waals surface area contributed by atoms with Gasteiger partial charge in [-0.15, -0.1) is 0 Å². The third-order valence-electron chi connectivity index (χ3n) is 3.20. The first kappa shape index (κ1) is 17.3. The highest BCUT2D eigenvalue weighted by Crippen LogP contribution is 2.29. The predicted molar refractivity (Wildman–Crippen MR) is 76.2 cm³/mol. The minimum atomic E-state index is -4.09. The third kappa shape index (κ3) is 3.64. The van der Waals surface area contributed by atoms with Crippen molar-refractivity contribution in [3.05, 3.63) is 18.2 Å². The fourth-order valence-corrected chi connectivity index (χ4v) is 3.23. The van der Waals surface area contributed by atoms with Crippen LogP contribution in [0.2, 0.25) is 0 Å². The first-order chi connectivity index (χ1) is 9.70. The molecular formula is C13H19NO6S. The standard InChI is InChI=1S/C13H19NO6S/c1-5-13(2,12(15)16)14-21(17,18)11-8-9(19-3)6-7-10(11)20-4/h6-8,14H,5H2,1-4H3,(H,15,16). The Morgan fingerprint density at radius 2 is 1.95 bits per heavy atom. The molecule has 0 saturated heterocycles. The van der Waals surface area contributed by atoms with Gasteiger partial charge in [0, 0.05) is 6.07 Å². The Hall–Kier alpha value is -1.80. The van der Waals surface area contributed by atoms with Gasteiger partial charge >= 0.3 is 5.97 Å². The van der Waals surface area contributed by atoms with E-state index < -0.39 is 21.5 Å². The molecule has 118 valence electrons. The minimum Gasteiger partial charge on any atom is -0.497 e. The van der Waals surface area contributed by atoms with Crippen molar-refractivity contribution in [3.8, 4) is 11.5 Å². The van der Waals surface area contributed by atoms with Crippen molar-refractivity contribution in [1.82, 2.24) is 4.72 Å². The first-order valence-corrected chi connectivity index (χ1v) is 7.68. The van der Waals surface area contributed by atoms with Crippen molar-refractivity contribution in [2.24, 2.45) is 0 Å². The maximum absolute atomic E-state index is 12.4. The molecule has 0 aliphatic carbocycles. The van der Waals surface area contributed by atoms with Crippen LogP contribution in [0.25, 0.3) is 0 Å². The van der Waals surface area contributed by atoms with Crippen LogP contribution in [0.3, 0.4) is 0 Å². The van der Waals surface area contributed by atoms with E-state index in [1.807, 2.05) is 0 Å². The molecule has 1 aromatic carbocycles. The highest BCUT2D eigenvalue weighted by atomic mass is 32.2. The van der Waals surface area contributed by atoms with Gasteiger partial charge in [0.2, 0.25) is 10.0 Å². The number of hydrogen-bond donors (Lipinski definition) is 2. The second-order valence-electron chi connectivity index (χ2n) is 4.61. The number of sulfonamides is 1. The van der Waals surface area contributed by atoms with Crippen LogP contribution in [0.15, 0.2) is 23.1 Å². The monoisotopic (exact) mass is 317 g/mol. The van der Waals surface area contributed by atoms with Crippen molar-refractivity contribution in [3.63, 3.8) is 0 Å². The van der Waals surface area contributed by atoms with E-state index in [9.17, 15) is 18.3 Å². The van der Waals surface area contributed by atoms with Crippen molar-refractivity contribution in [2.75, 3.05) is 14.2 Å². The van der Waals surface area contributed by atoms with E-state index in [-0.39, 0.29) is 17.1 Å². The highest BCUT2D eigenvalue weighted by Gasteiger charge is 2.37. The molecule has 1 unspecified atom stereocenters. The van der Waals surface area contributed by atoms with Gasteiger partial charge in [-0.1, -0.05) is 6.92 Å². The average molecular weight is 317 g/mol. The number of aliphatic carboxylic acids is 1. The summed E-state index contributed by atoms with van der Waals surface area (Å²) in [6.45, 7) is 2.89. The van der Waals surface area contributed by atoms with Gasteiger partial charge in [0.05, 0.1) is 14.2 Å². The number of nitrogens with one attached hydrogen (secondary N) is 1. The molecule has 0 aliphatic rings. The lowest BCUT2D eigenvalue weighted by Crippen LogP contribution is -2.51. The first-order valence-electron chi connectivity index (χ1n) is 6.19. The molecule has 1 atom stereocenters. The summed E-state index contributed by atoms with van der Waals surface area (Å²) >= 11 is 0. The molecule has 0 radical (unpaired) electrons. The Morgan fingerprint density at radius 3 is 2.38 bits per heavy atom. The number of hydrogen-bond acceptors (Lipinski definition) is 5. The van der Waals surface area contributed by atoms with Crippen molar-refractivity contribution in [1.29, 1.82) is 0 Å². The Balaban J connectivity index is 3.33. The van der Waals surface area contributed by atoms with E-state index in [2.05, 4.69) is 4.72 Å². The van der Waals surface area contributed by atoms with Gasteiger partial charge in [-0.05, 0) is 25.5 Å². The summed E-state index contributed by atoms with van der Waals surface area (Å²) in [7, 11) is -1.35. The average Bonchev–Trinajstić information content (AvgIpc) is 2.45. The summed E-state index contributed by atoms with van der Waals surface area (Å²) in [5.74, 6) is -0.827. The number of methoxy groups -OCH3 is 2. The molecule has 0 fully saturated rings. The van der Waals surface area contributed by atoms with Crippen LogP contribution in [0.5, 0.6) is 11.5 Å². The van der Waals surface area contributed by atoms with Crippen molar-refractivity contribution >= 4 is 16.0 Å². The van der Waals surface area contributed by atoms with Gasteiger partial charge in [-0.3, -0.25) is 4.79 Å². The number of rotatable bonds is 7. The van der Waals surface area contributed by atoms with E-state index >= 15 is 0 Å². The van der Waals surface area contributed by atoms with Crippen LogP contribution < -0.4 is 14.2 Å². The Morgan fingerprint density at radius 1 is 1.33 bits per heavy atom. The number of carboxylic acid groups (broad SMARTS) is 1. The lowest BCUT2D eigenvalue weighted by molar-refractivity contribution is -0.143. The van der Waals surface area contributed by atoms with Crippen molar-refractivity contribution < 1.29 is 27.8 Å². The molecule has 1 aromatic rings. The summed E-state index contributed by atoms with van der Waals surface area (Å²) in [5, 5.41) is 9.19. The highest BCUT2D eigenvalue weighted by molar-refractivity contribution is 7.89. The molecule has 0 bridgehead atoms. The second-order valence-corrected chi connectivity index (χ2v) is 6.26. The molecule has 0 heterocycles. The molecule has 0 amide bonds. The van der Waals surface area contributed by atoms with E-state index in [1.54, 1.807) is 13.0 Å². The fraction of sp³-hybridized carbons (Fsp3) is 0.462. The molecule has 0 aromatic heterocycles. The summed E-state index contributed by atoms with van der Waals surface area (Å²) in [5.41, 5.74) is -1.60. The SMILES string of the molecule is CCC(C)(NS(=O)(=O)c1cc(OC)ccc1OC)C(=O)O. The van der Waals surface area contributed by atoms with Crippen LogP contribution in [0.4, 0.5) is 0 Å². The number of ether oxygens (including phenoxy) is 2. The summed E-state index contributed by atoms with van der Waals surface area (Å²) in [6, 6.07) is 4.27. The topological polar surface area (TPSA) is 102 Å². The van der Waals surface area contributed by atoms with E-state index in [1.165, 1.54) is 33.3 Å². The minimum absolute atomic E-state index is 0.0911. The molecule has 0 spiro atoms. The molecule has 0 saturated carbocycles. The number of carbonyl (C=O) groups is 1. The van der Waals surface area contributed by atoms with Crippen molar-refractivity contribution in [2.45, 2.75) is 30.7 Å². The summed E-state index contributed by atoms with van der Waals surface area (Å²) in [4.78, 5) is 11.1.